The van der Waals surface area contributed by atoms with Gasteiger partial charge in [0.2, 0.25) is 5.91 Å². The largest absolute Gasteiger partial charge is 0.325 e. The van der Waals surface area contributed by atoms with Gasteiger partial charge in [0.15, 0.2) is 0 Å². The van der Waals surface area contributed by atoms with Crippen molar-refractivity contribution in [3.05, 3.63) is 36.3 Å². The molecule has 0 aliphatic carbocycles. The maximum Gasteiger partial charge on any atom is 0.224 e. The molecule has 1 aromatic heterocycles. The summed E-state index contributed by atoms with van der Waals surface area (Å²) in [6, 6.07) is 5.97. The zero-order chi connectivity index (χ0) is 11.5. The topological polar surface area (TPSA) is 42.0 Å². The molecular formula is C12H11FN2O. The number of amides is 1. The molecule has 2 aromatic rings. The van der Waals surface area contributed by atoms with Gasteiger partial charge < -0.3 is 5.32 Å². The van der Waals surface area contributed by atoms with Gasteiger partial charge in [-0.15, -0.1) is 0 Å². The van der Waals surface area contributed by atoms with E-state index in [-0.39, 0.29) is 11.7 Å². The first-order valence-electron chi connectivity index (χ1n) is 5.05. The number of benzene rings is 1. The van der Waals surface area contributed by atoms with Crippen molar-refractivity contribution >= 4 is 22.5 Å². The van der Waals surface area contributed by atoms with Crippen LogP contribution in [0.15, 0.2) is 30.5 Å². The van der Waals surface area contributed by atoms with Gasteiger partial charge in [0, 0.05) is 18.0 Å². The third-order valence-electron chi connectivity index (χ3n) is 2.30. The molecule has 0 aliphatic heterocycles. The smallest absolute Gasteiger partial charge is 0.224 e. The summed E-state index contributed by atoms with van der Waals surface area (Å²) in [5.41, 5.74) is 1.26. The second-order valence-corrected chi connectivity index (χ2v) is 3.42. The average molecular weight is 218 g/mol. The van der Waals surface area contributed by atoms with Gasteiger partial charge in [-0.25, -0.2) is 4.39 Å². The summed E-state index contributed by atoms with van der Waals surface area (Å²) in [6.07, 6.45) is 1.98. The number of carbonyl (C=O) groups excluding carboxylic acids is 1. The van der Waals surface area contributed by atoms with Gasteiger partial charge in [-0.1, -0.05) is 6.92 Å². The van der Waals surface area contributed by atoms with Crippen LogP contribution in [0.1, 0.15) is 13.3 Å². The first-order valence-corrected chi connectivity index (χ1v) is 5.05. The Morgan fingerprint density at radius 2 is 2.25 bits per heavy atom. The fourth-order valence-electron chi connectivity index (χ4n) is 1.47. The molecule has 16 heavy (non-hydrogen) atoms. The summed E-state index contributed by atoms with van der Waals surface area (Å²) in [6.45, 7) is 1.76. The van der Waals surface area contributed by atoms with Crippen LogP contribution in [0.25, 0.3) is 10.9 Å². The van der Waals surface area contributed by atoms with Crippen LogP contribution >= 0.6 is 0 Å². The van der Waals surface area contributed by atoms with Crippen LogP contribution in [0.5, 0.6) is 0 Å². The summed E-state index contributed by atoms with van der Waals surface area (Å²) >= 11 is 0. The maximum atomic E-state index is 13.1. The second kappa shape index (κ2) is 4.26. The van der Waals surface area contributed by atoms with E-state index >= 15 is 0 Å². The van der Waals surface area contributed by atoms with Crippen molar-refractivity contribution in [3.63, 3.8) is 0 Å². The lowest BCUT2D eigenvalue weighted by Crippen LogP contribution is -2.09. The van der Waals surface area contributed by atoms with Gasteiger partial charge in [0.25, 0.3) is 0 Å². The Morgan fingerprint density at radius 3 is 3.00 bits per heavy atom. The molecule has 0 radical (unpaired) electrons. The zero-order valence-corrected chi connectivity index (χ0v) is 8.83. The molecule has 0 fully saturated rings. The van der Waals surface area contributed by atoms with Crippen LogP contribution in [-0.2, 0) is 4.79 Å². The predicted molar refractivity (Wildman–Crippen MR) is 60.6 cm³/mol. The highest BCUT2D eigenvalue weighted by Crippen LogP contribution is 2.22. The van der Waals surface area contributed by atoms with E-state index in [1.807, 2.05) is 0 Å². The standard InChI is InChI=1S/C12H11FN2O/c1-2-12(16)15-11-5-6-14-10-4-3-8(13)7-9(10)11/h3-7H,2H2,1H3,(H,14,15,16). The van der Waals surface area contributed by atoms with E-state index in [1.165, 1.54) is 12.1 Å². The minimum absolute atomic E-state index is 0.100. The Morgan fingerprint density at radius 1 is 1.44 bits per heavy atom. The molecule has 2 rings (SSSR count). The lowest BCUT2D eigenvalue weighted by atomic mass is 10.2. The number of aromatic nitrogens is 1. The van der Waals surface area contributed by atoms with E-state index in [2.05, 4.69) is 10.3 Å². The van der Waals surface area contributed by atoms with Crippen LogP contribution in [0.4, 0.5) is 10.1 Å². The summed E-state index contributed by atoms with van der Waals surface area (Å²) in [5.74, 6) is -0.441. The number of fused-ring (bicyclic) bond motifs is 1. The van der Waals surface area contributed by atoms with Gasteiger partial charge in [-0.05, 0) is 24.3 Å². The number of halogens is 1. The summed E-state index contributed by atoms with van der Waals surface area (Å²) in [5, 5.41) is 3.33. The van der Waals surface area contributed by atoms with Crippen LogP contribution in [-0.4, -0.2) is 10.9 Å². The summed E-state index contributed by atoms with van der Waals surface area (Å²) in [4.78, 5) is 15.4. The van der Waals surface area contributed by atoms with Gasteiger partial charge in [-0.3, -0.25) is 9.78 Å². The fraction of sp³-hybridized carbons (Fsp3) is 0.167. The van der Waals surface area contributed by atoms with Crippen LogP contribution in [0.3, 0.4) is 0 Å². The Labute approximate surface area is 92.3 Å². The number of pyridine rings is 1. The summed E-state index contributed by atoms with van der Waals surface area (Å²) < 4.78 is 13.1. The average Bonchev–Trinajstić information content (AvgIpc) is 2.29. The molecule has 1 heterocycles. The molecule has 1 aromatic carbocycles. The number of rotatable bonds is 2. The lowest BCUT2D eigenvalue weighted by Gasteiger charge is -2.07. The number of nitrogens with one attached hydrogen (secondary N) is 1. The monoisotopic (exact) mass is 218 g/mol. The Hall–Kier alpha value is -1.97. The van der Waals surface area contributed by atoms with Gasteiger partial charge in [0.05, 0.1) is 11.2 Å². The minimum Gasteiger partial charge on any atom is -0.325 e. The summed E-state index contributed by atoms with van der Waals surface area (Å²) in [7, 11) is 0. The Kier molecular flexibility index (Phi) is 2.81. The van der Waals surface area contributed by atoms with E-state index in [9.17, 15) is 9.18 Å². The van der Waals surface area contributed by atoms with E-state index in [4.69, 9.17) is 0 Å². The van der Waals surface area contributed by atoms with Crippen molar-refractivity contribution in [2.75, 3.05) is 5.32 Å². The normalized spacial score (nSPS) is 10.4. The molecule has 82 valence electrons. The number of anilines is 1. The molecule has 0 unspecified atom stereocenters. The molecule has 0 aliphatic rings. The van der Waals surface area contributed by atoms with Gasteiger partial charge >= 0.3 is 0 Å². The van der Waals surface area contributed by atoms with Crippen LogP contribution in [0.2, 0.25) is 0 Å². The molecule has 1 N–H and O–H groups in total. The molecule has 0 saturated heterocycles. The number of hydrogen-bond donors (Lipinski definition) is 1. The van der Waals surface area contributed by atoms with Crippen LogP contribution in [0, 0.1) is 5.82 Å². The van der Waals surface area contributed by atoms with Crippen LogP contribution < -0.4 is 5.32 Å². The first kappa shape index (κ1) is 10.5. The number of hydrogen-bond acceptors (Lipinski definition) is 2. The second-order valence-electron chi connectivity index (χ2n) is 3.42. The van der Waals surface area contributed by atoms with E-state index in [0.717, 1.165) is 0 Å². The Balaban J connectivity index is 2.52. The predicted octanol–water partition coefficient (Wildman–Crippen LogP) is 2.72. The third kappa shape index (κ3) is 2.00. The van der Waals surface area contributed by atoms with Crippen molar-refractivity contribution in [2.45, 2.75) is 13.3 Å². The molecule has 4 heteroatoms. The van der Waals surface area contributed by atoms with Crippen molar-refractivity contribution < 1.29 is 9.18 Å². The highest BCUT2D eigenvalue weighted by Gasteiger charge is 2.05. The molecule has 1 amide bonds. The minimum atomic E-state index is -0.340. The molecule has 0 bridgehead atoms. The van der Waals surface area contributed by atoms with E-state index in [1.54, 1.807) is 25.3 Å². The first-order chi connectivity index (χ1) is 7.70. The van der Waals surface area contributed by atoms with Gasteiger partial charge in [0.1, 0.15) is 5.82 Å². The number of carbonyl (C=O) groups is 1. The van der Waals surface area contributed by atoms with E-state index in [0.29, 0.717) is 23.0 Å². The SMILES string of the molecule is CCC(=O)Nc1ccnc2ccc(F)cc12. The lowest BCUT2D eigenvalue weighted by molar-refractivity contribution is -0.115. The molecule has 3 nitrogen and oxygen atoms in total. The van der Waals surface area contributed by atoms with E-state index < -0.39 is 0 Å². The quantitative estimate of drug-likeness (QED) is 0.842. The molecular weight excluding hydrogens is 207 g/mol. The fourth-order valence-corrected chi connectivity index (χ4v) is 1.47. The molecule has 0 atom stereocenters. The highest BCUT2D eigenvalue weighted by molar-refractivity contribution is 6.00. The van der Waals surface area contributed by atoms with Crippen molar-refractivity contribution in [1.82, 2.24) is 4.98 Å². The zero-order valence-electron chi connectivity index (χ0n) is 8.83. The third-order valence-corrected chi connectivity index (χ3v) is 2.30. The van der Waals surface area contributed by atoms with Crippen molar-refractivity contribution in [3.8, 4) is 0 Å². The van der Waals surface area contributed by atoms with Crippen molar-refractivity contribution in [1.29, 1.82) is 0 Å². The molecule has 0 saturated carbocycles. The highest BCUT2D eigenvalue weighted by atomic mass is 19.1. The van der Waals surface area contributed by atoms with Crippen molar-refractivity contribution in [2.24, 2.45) is 0 Å². The molecule has 0 spiro atoms. The maximum absolute atomic E-state index is 13.1. The van der Waals surface area contributed by atoms with Gasteiger partial charge in [-0.2, -0.15) is 0 Å². The number of nitrogens with zero attached hydrogens (tertiary/aromatic N) is 1. The Bertz CT molecular complexity index is 540.